The summed E-state index contributed by atoms with van der Waals surface area (Å²) in [6.07, 6.45) is 0. The fourth-order valence-electron chi connectivity index (χ4n) is 1.44. The fourth-order valence-corrected chi connectivity index (χ4v) is 1.44. The first-order valence-electron chi connectivity index (χ1n) is 5.61. The van der Waals surface area contributed by atoms with Crippen molar-refractivity contribution in [1.82, 2.24) is 4.90 Å². The average molecular weight is 290 g/mol. The second-order valence-corrected chi connectivity index (χ2v) is 4.29. The van der Waals surface area contributed by atoms with Gasteiger partial charge in [-0.1, -0.05) is 6.92 Å². The van der Waals surface area contributed by atoms with Crippen LogP contribution in [0.5, 0.6) is 0 Å². The highest BCUT2D eigenvalue weighted by molar-refractivity contribution is 5.89. The summed E-state index contributed by atoms with van der Waals surface area (Å²) in [5.41, 5.74) is -0.786. The van der Waals surface area contributed by atoms with E-state index in [1.807, 2.05) is 5.32 Å². The summed E-state index contributed by atoms with van der Waals surface area (Å²) in [5.74, 6) is -5.56. The number of hydrogen-bond donors (Lipinski definition) is 2. The molecule has 5 nitrogen and oxygen atoms in total. The van der Waals surface area contributed by atoms with Crippen molar-refractivity contribution in [3.63, 3.8) is 0 Å². The predicted octanol–water partition coefficient (Wildman–Crippen LogP) is 2.29. The first-order valence-corrected chi connectivity index (χ1v) is 5.61. The van der Waals surface area contributed by atoms with E-state index in [9.17, 15) is 22.8 Å². The number of urea groups is 1. The molecule has 0 fully saturated rings. The van der Waals surface area contributed by atoms with Crippen LogP contribution in [0.3, 0.4) is 0 Å². The van der Waals surface area contributed by atoms with Crippen molar-refractivity contribution < 1.29 is 27.9 Å². The quantitative estimate of drug-likeness (QED) is 0.894. The summed E-state index contributed by atoms with van der Waals surface area (Å²) in [6, 6.07) is -0.0422. The zero-order valence-corrected chi connectivity index (χ0v) is 10.8. The first-order chi connectivity index (χ1) is 9.22. The van der Waals surface area contributed by atoms with Crippen molar-refractivity contribution in [3.8, 4) is 0 Å². The summed E-state index contributed by atoms with van der Waals surface area (Å²) >= 11 is 0. The molecule has 8 heteroatoms. The van der Waals surface area contributed by atoms with Crippen LogP contribution in [0, 0.1) is 23.4 Å². The minimum absolute atomic E-state index is 0.147. The van der Waals surface area contributed by atoms with Crippen molar-refractivity contribution >= 4 is 17.7 Å². The van der Waals surface area contributed by atoms with Crippen molar-refractivity contribution in [2.45, 2.75) is 6.92 Å². The van der Waals surface area contributed by atoms with E-state index in [-0.39, 0.29) is 6.54 Å². The van der Waals surface area contributed by atoms with Gasteiger partial charge < -0.3 is 15.3 Å². The molecular weight excluding hydrogens is 277 g/mol. The molecule has 0 radical (unpaired) electrons. The normalized spacial score (nSPS) is 11.8. The highest BCUT2D eigenvalue weighted by Gasteiger charge is 2.20. The molecule has 0 spiro atoms. The van der Waals surface area contributed by atoms with Gasteiger partial charge in [-0.25, -0.2) is 18.0 Å². The van der Waals surface area contributed by atoms with Crippen LogP contribution in [0.15, 0.2) is 12.1 Å². The number of nitrogens with one attached hydrogen (secondary N) is 1. The maximum absolute atomic E-state index is 13.3. The summed E-state index contributed by atoms with van der Waals surface area (Å²) in [7, 11) is 1.27. The number of amides is 2. The second-order valence-electron chi connectivity index (χ2n) is 4.29. The van der Waals surface area contributed by atoms with Crippen LogP contribution in [-0.2, 0) is 4.79 Å². The monoisotopic (exact) mass is 290 g/mol. The van der Waals surface area contributed by atoms with Crippen LogP contribution in [0.2, 0.25) is 0 Å². The summed E-state index contributed by atoms with van der Waals surface area (Å²) < 4.78 is 39.3. The van der Waals surface area contributed by atoms with E-state index in [4.69, 9.17) is 5.11 Å². The van der Waals surface area contributed by atoms with E-state index in [1.54, 1.807) is 0 Å². The Morgan fingerprint density at radius 1 is 1.30 bits per heavy atom. The summed E-state index contributed by atoms with van der Waals surface area (Å²) in [4.78, 5) is 23.3. The number of aliphatic carboxylic acids is 1. The Balaban J connectivity index is 2.78. The average Bonchev–Trinajstić information content (AvgIpc) is 2.32. The van der Waals surface area contributed by atoms with Crippen LogP contribution in [0.25, 0.3) is 0 Å². The molecule has 2 N–H and O–H groups in total. The number of carboxylic acid groups (broad SMARTS) is 1. The van der Waals surface area contributed by atoms with Gasteiger partial charge in [-0.2, -0.15) is 0 Å². The van der Waals surface area contributed by atoms with Gasteiger partial charge >= 0.3 is 12.0 Å². The molecular formula is C12H13F3N2O3. The molecule has 0 aliphatic rings. The van der Waals surface area contributed by atoms with Crippen LogP contribution < -0.4 is 5.32 Å². The molecule has 0 aromatic heterocycles. The molecule has 2 amide bonds. The van der Waals surface area contributed by atoms with Crippen LogP contribution in [0.1, 0.15) is 6.92 Å². The molecule has 0 aliphatic heterocycles. The third kappa shape index (κ3) is 3.87. The SMILES string of the molecule is CC(CN(C)C(=O)Nc1c(F)cc(F)cc1F)C(=O)O. The minimum atomic E-state index is -1.25. The molecule has 110 valence electrons. The van der Waals surface area contributed by atoms with Gasteiger partial charge in [0.1, 0.15) is 11.5 Å². The Morgan fingerprint density at radius 2 is 1.80 bits per heavy atom. The van der Waals surface area contributed by atoms with Crippen LogP contribution in [-0.4, -0.2) is 35.6 Å². The topological polar surface area (TPSA) is 69.6 Å². The zero-order valence-electron chi connectivity index (χ0n) is 10.8. The van der Waals surface area contributed by atoms with Crippen molar-refractivity contribution in [1.29, 1.82) is 0 Å². The van der Waals surface area contributed by atoms with E-state index in [2.05, 4.69) is 0 Å². The molecule has 1 atom stereocenters. The number of carbonyl (C=O) groups is 2. The smallest absolute Gasteiger partial charge is 0.321 e. The van der Waals surface area contributed by atoms with Crippen molar-refractivity contribution in [3.05, 3.63) is 29.6 Å². The largest absolute Gasteiger partial charge is 0.481 e. The molecule has 1 unspecified atom stereocenters. The van der Waals surface area contributed by atoms with Gasteiger partial charge in [0.2, 0.25) is 0 Å². The van der Waals surface area contributed by atoms with E-state index < -0.39 is 41.1 Å². The number of nitrogens with zero attached hydrogens (tertiary/aromatic N) is 1. The van der Waals surface area contributed by atoms with Crippen LogP contribution >= 0.6 is 0 Å². The fraction of sp³-hybridized carbons (Fsp3) is 0.333. The Hall–Kier alpha value is -2.25. The highest BCUT2D eigenvalue weighted by Crippen LogP contribution is 2.20. The van der Waals surface area contributed by atoms with Crippen LogP contribution in [0.4, 0.5) is 23.7 Å². The molecule has 0 aliphatic carbocycles. The third-order valence-electron chi connectivity index (χ3n) is 2.55. The van der Waals surface area contributed by atoms with Gasteiger partial charge in [0.05, 0.1) is 5.92 Å². The van der Waals surface area contributed by atoms with E-state index in [0.29, 0.717) is 12.1 Å². The molecule has 1 rings (SSSR count). The maximum Gasteiger partial charge on any atom is 0.321 e. The Kier molecular flexibility index (Phi) is 4.95. The van der Waals surface area contributed by atoms with E-state index in [0.717, 1.165) is 4.90 Å². The standard InChI is InChI=1S/C12H13F3N2O3/c1-6(11(18)19)5-17(2)12(20)16-10-8(14)3-7(13)4-9(10)15/h3-4,6H,5H2,1-2H3,(H,16,20)(H,18,19). The first kappa shape index (κ1) is 15.8. The molecule has 20 heavy (non-hydrogen) atoms. The number of halogens is 3. The van der Waals surface area contributed by atoms with Gasteiger partial charge in [0, 0.05) is 25.7 Å². The summed E-state index contributed by atoms with van der Waals surface area (Å²) in [5, 5.41) is 10.6. The van der Waals surface area contributed by atoms with Gasteiger partial charge in [0.15, 0.2) is 11.6 Å². The van der Waals surface area contributed by atoms with Gasteiger partial charge in [-0.3, -0.25) is 4.79 Å². The van der Waals surface area contributed by atoms with E-state index in [1.165, 1.54) is 14.0 Å². The molecule has 1 aromatic carbocycles. The number of anilines is 1. The second kappa shape index (κ2) is 6.27. The number of benzene rings is 1. The Morgan fingerprint density at radius 3 is 2.25 bits per heavy atom. The number of carboxylic acids is 1. The van der Waals surface area contributed by atoms with Gasteiger partial charge in [-0.05, 0) is 0 Å². The zero-order chi connectivity index (χ0) is 15.4. The van der Waals surface area contributed by atoms with Gasteiger partial charge in [-0.15, -0.1) is 0 Å². The lowest BCUT2D eigenvalue weighted by Crippen LogP contribution is -2.37. The predicted molar refractivity (Wildman–Crippen MR) is 64.8 cm³/mol. The lowest BCUT2D eigenvalue weighted by atomic mass is 10.2. The van der Waals surface area contributed by atoms with Gasteiger partial charge in [0.25, 0.3) is 0 Å². The van der Waals surface area contributed by atoms with E-state index >= 15 is 0 Å². The number of rotatable bonds is 4. The Bertz CT molecular complexity index is 514. The molecule has 0 saturated carbocycles. The molecule has 1 aromatic rings. The maximum atomic E-state index is 13.3. The summed E-state index contributed by atoms with van der Waals surface area (Å²) in [6.45, 7) is 1.23. The number of carbonyl (C=O) groups excluding carboxylic acids is 1. The number of hydrogen-bond acceptors (Lipinski definition) is 2. The highest BCUT2D eigenvalue weighted by atomic mass is 19.1. The molecule has 0 heterocycles. The third-order valence-corrected chi connectivity index (χ3v) is 2.55. The van der Waals surface area contributed by atoms with Crippen molar-refractivity contribution in [2.75, 3.05) is 18.9 Å². The molecule has 0 bridgehead atoms. The lowest BCUT2D eigenvalue weighted by Gasteiger charge is -2.20. The molecule has 0 saturated heterocycles. The minimum Gasteiger partial charge on any atom is -0.481 e. The van der Waals surface area contributed by atoms with Crippen molar-refractivity contribution in [2.24, 2.45) is 5.92 Å². The lowest BCUT2D eigenvalue weighted by molar-refractivity contribution is -0.141. The Labute approximate surface area is 113 Å².